The third-order valence-electron chi connectivity index (χ3n) is 12.9. The van der Waals surface area contributed by atoms with Gasteiger partial charge in [0, 0.05) is 43.1 Å². The van der Waals surface area contributed by atoms with E-state index in [0.717, 1.165) is 99.0 Å². The summed E-state index contributed by atoms with van der Waals surface area (Å²) in [5, 5.41) is 8.99. The van der Waals surface area contributed by atoms with Crippen LogP contribution in [-0.2, 0) is 0 Å². The third kappa shape index (κ3) is 4.94. The molecule has 0 aliphatic rings. The van der Waals surface area contributed by atoms with Crippen LogP contribution in [0.2, 0.25) is 0 Å². The zero-order chi connectivity index (χ0) is 41.9. The van der Waals surface area contributed by atoms with Gasteiger partial charge in [-0.15, -0.1) is 0 Å². The number of nitrogens with zero attached hydrogens (tertiary/aromatic N) is 6. The van der Waals surface area contributed by atoms with Gasteiger partial charge < -0.3 is 8.98 Å². The maximum atomic E-state index is 6.35. The van der Waals surface area contributed by atoms with E-state index in [1.54, 1.807) is 0 Å². The van der Waals surface area contributed by atoms with Crippen LogP contribution < -0.4 is 0 Å². The van der Waals surface area contributed by atoms with E-state index in [1.807, 2.05) is 12.1 Å². The quantitative estimate of drug-likeness (QED) is 0.173. The average molecular weight is 819 g/mol. The molecule has 0 spiro atoms. The molecule has 7 nitrogen and oxygen atoms in total. The van der Waals surface area contributed by atoms with E-state index < -0.39 is 0 Å². The molecule has 298 valence electrons. The van der Waals surface area contributed by atoms with Gasteiger partial charge in [-0.1, -0.05) is 146 Å². The van der Waals surface area contributed by atoms with Crippen molar-refractivity contribution in [1.29, 1.82) is 0 Å². The van der Waals surface area contributed by atoms with E-state index in [-0.39, 0.29) is 0 Å². The standard InChI is InChI=1S/C57H34N6O/c1-8-24-45-37(16-1)38-17-2-9-25-46(38)61(45)51-30-15-23-36(35-32-33-53-44(34-35)43-22-7-14-31-52(43)64-53)54(51)55-58-56(62-47-26-10-3-18-39(47)40-19-4-11-27-48(40)62)60-57(59-55)63-49-28-12-5-20-41(49)42-21-6-13-29-50(42)63/h1-34H. The van der Waals surface area contributed by atoms with Crippen molar-refractivity contribution < 1.29 is 4.42 Å². The molecule has 0 fully saturated rings. The zero-order valence-corrected chi connectivity index (χ0v) is 34.2. The Bertz CT molecular complexity index is 3930. The summed E-state index contributed by atoms with van der Waals surface area (Å²) in [4.78, 5) is 16.8. The molecule has 7 heteroatoms. The maximum Gasteiger partial charge on any atom is 0.240 e. The van der Waals surface area contributed by atoms with Crippen molar-refractivity contribution >= 4 is 87.4 Å². The second-order valence-corrected chi connectivity index (χ2v) is 16.4. The minimum atomic E-state index is 0.526. The predicted molar refractivity (Wildman–Crippen MR) is 261 cm³/mol. The number of hydrogen-bond donors (Lipinski definition) is 0. The minimum Gasteiger partial charge on any atom is -0.456 e. The normalized spacial score (nSPS) is 12.1. The Morgan fingerprint density at radius 3 is 1.20 bits per heavy atom. The molecule has 5 heterocycles. The fourth-order valence-electron chi connectivity index (χ4n) is 10.2. The molecule has 0 amide bonds. The summed E-state index contributed by atoms with van der Waals surface area (Å²) in [6.07, 6.45) is 0. The van der Waals surface area contributed by atoms with Crippen LogP contribution >= 0.6 is 0 Å². The highest BCUT2D eigenvalue weighted by Crippen LogP contribution is 2.43. The summed E-state index contributed by atoms with van der Waals surface area (Å²) < 4.78 is 13.1. The van der Waals surface area contributed by atoms with Crippen molar-refractivity contribution in [2.24, 2.45) is 0 Å². The molecule has 0 aliphatic carbocycles. The summed E-state index contributed by atoms with van der Waals surface area (Å²) in [5.41, 5.74) is 11.8. The number of fused-ring (bicyclic) bond motifs is 12. The molecule has 0 bridgehead atoms. The molecule has 5 aromatic heterocycles. The van der Waals surface area contributed by atoms with Gasteiger partial charge >= 0.3 is 0 Å². The Morgan fingerprint density at radius 1 is 0.312 bits per heavy atom. The first-order valence-corrected chi connectivity index (χ1v) is 21.5. The number of aromatic nitrogens is 6. The van der Waals surface area contributed by atoms with Gasteiger partial charge in [0.25, 0.3) is 0 Å². The van der Waals surface area contributed by atoms with E-state index in [0.29, 0.717) is 17.7 Å². The molecule has 9 aromatic carbocycles. The van der Waals surface area contributed by atoms with Crippen molar-refractivity contribution in [3.8, 4) is 40.1 Å². The third-order valence-corrected chi connectivity index (χ3v) is 12.9. The van der Waals surface area contributed by atoms with Crippen LogP contribution in [0.5, 0.6) is 0 Å². The number of rotatable bonds is 5. The highest BCUT2D eigenvalue weighted by Gasteiger charge is 2.25. The molecule has 0 unspecified atom stereocenters. The Morgan fingerprint density at radius 2 is 0.719 bits per heavy atom. The summed E-state index contributed by atoms with van der Waals surface area (Å²) in [5.74, 6) is 1.60. The van der Waals surface area contributed by atoms with Gasteiger partial charge in [0.1, 0.15) is 11.2 Å². The van der Waals surface area contributed by atoms with Gasteiger partial charge in [0.2, 0.25) is 11.9 Å². The average Bonchev–Trinajstić information content (AvgIpc) is 4.10. The number of para-hydroxylation sites is 7. The van der Waals surface area contributed by atoms with Gasteiger partial charge in [0.15, 0.2) is 5.82 Å². The van der Waals surface area contributed by atoms with Crippen molar-refractivity contribution in [2.45, 2.75) is 0 Å². The zero-order valence-electron chi connectivity index (χ0n) is 34.2. The van der Waals surface area contributed by atoms with Gasteiger partial charge in [-0.2, -0.15) is 15.0 Å². The monoisotopic (exact) mass is 818 g/mol. The van der Waals surface area contributed by atoms with E-state index >= 15 is 0 Å². The molecular weight excluding hydrogens is 785 g/mol. The number of furan rings is 1. The molecule has 14 rings (SSSR count). The van der Waals surface area contributed by atoms with E-state index in [1.165, 1.54) is 10.8 Å². The first kappa shape index (κ1) is 34.9. The highest BCUT2D eigenvalue weighted by atomic mass is 16.3. The SMILES string of the molecule is c1cc(-c2ccc3oc4ccccc4c3c2)c(-c2nc(-n3c4ccccc4c4ccccc43)nc(-n3c4ccccc4c4ccccc43)n2)c(-n2c3ccccc3c3ccccc32)c1. The summed E-state index contributed by atoms with van der Waals surface area (Å²) in [6, 6.07) is 72.6. The molecule has 0 saturated carbocycles. The van der Waals surface area contributed by atoms with Crippen LogP contribution in [0.25, 0.3) is 127 Å². The Balaban J connectivity index is 1.15. The maximum absolute atomic E-state index is 6.35. The van der Waals surface area contributed by atoms with Crippen LogP contribution in [-0.4, -0.2) is 28.7 Å². The van der Waals surface area contributed by atoms with Crippen molar-refractivity contribution in [1.82, 2.24) is 28.7 Å². The lowest BCUT2D eigenvalue weighted by atomic mass is 9.95. The van der Waals surface area contributed by atoms with Crippen molar-refractivity contribution in [2.75, 3.05) is 0 Å². The number of hydrogen-bond acceptors (Lipinski definition) is 4. The van der Waals surface area contributed by atoms with Crippen molar-refractivity contribution in [3.63, 3.8) is 0 Å². The van der Waals surface area contributed by atoms with Crippen molar-refractivity contribution in [3.05, 3.63) is 206 Å². The van der Waals surface area contributed by atoms with Crippen LogP contribution in [0.4, 0.5) is 0 Å². The predicted octanol–water partition coefficient (Wildman–Crippen LogP) is 14.4. The second kappa shape index (κ2) is 13.3. The summed E-state index contributed by atoms with van der Waals surface area (Å²) >= 11 is 0. The van der Waals surface area contributed by atoms with E-state index in [2.05, 4.69) is 208 Å². The van der Waals surface area contributed by atoms with Gasteiger partial charge in [-0.3, -0.25) is 9.13 Å². The summed E-state index contributed by atoms with van der Waals surface area (Å²) in [7, 11) is 0. The molecule has 0 aliphatic heterocycles. The fourth-order valence-corrected chi connectivity index (χ4v) is 10.2. The second-order valence-electron chi connectivity index (χ2n) is 16.4. The smallest absolute Gasteiger partial charge is 0.240 e. The lowest BCUT2D eigenvalue weighted by Gasteiger charge is -2.19. The molecule has 0 radical (unpaired) electrons. The van der Waals surface area contributed by atoms with E-state index in [4.69, 9.17) is 19.4 Å². The molecule has 0 saturated heterocycles. The first-order valence-electron chi connectivity index (χ1n) is 21.5. The highest BCUT2D eigenvalue weighted by molar-refractivity contribution is 6.12. The fraction of sp³-hybridized carbons (Fsp3) is 0. The first-order chi connectivity index (χ1) is 31.8. The lowest BCUT2D eigenvalue weighted by molar-refractivity contribution is 0.669. The summed E-state index contributed by atoms with van der Waals surface area (Å²) in [6.45, 7) is 0. The van der Waals surface area contributed by atoms with E-state index in [9.17, 15) is 0 Å². The minimum absolute atomic E-state index is 0.526. The van der Waals surface area contributed by atoms with Crippen LogP contribution in [0.3, 0.4) is 0 Å². The topological polar surface area (TPSA) is 66.6 Å². The molecule has 0 N–H and O–H groups in total. The van der Waals surface area contributed by atoms with Crippen LogP contribution in [0.1, 0.15) is 0 Å². The Kier molecular flexibility index (Phi) is 7.27. The number of benzene rings is 9. The molecule has 14 aromatic rings. The van der Waals surface area contributed by atoms with Gasteiger partial charge in [0.05, 0.1) is 44.4 Å². The van der Waals surface area contributed by atoms with Crippen LogP contribution in [0, 0.1) is 0 Å². The molecule has 64 heavy (non-hydrogen) atoms. The largest absolute Gasteiger partial charge is 0.456 e. The molecule has 0 atom stereocenters. The molecular formula is C57H34N6O. The van der Waals surface area contributed by atoms with Crippen LogP contribution in [0.15, 0.2) is 211 Å². The Hall–Kier alpha value is -8.81. The van der Waals surface area contributed by atoms with Gasteiger partial charge in [-0.05, 0) is 71.8 Å². The van der Waals surface area contributed by atoms with Gasteiger partial charge in [-0.25, -0.2) is 0 Å². The Labute approximate surface area is 365 Å². The lowest BCUT2D eigenvalue weighted by Crippen LogP contribution is -2.11.